The van der Waals surface area contributed by atoms with Crippen LogP contribution in [0.2, 0.25) is 0 Å². The van der Waals surface area contributed by atoms with Crippen molar-refractivity contribution in [1.29, 1.82) is 0 Å². The molecular formula is C11H22N2O2. The Balaban J connectivity index is 1.72. The number of nitrogens with one attached hydrogen (secondary N) is 1. The molecule has 2 rings (SSSR count). The third-order valence-corrected chi connectivity index (χ3v) is 3.53. The molecule has 0 bridgehead atoms. The molecular weight excluding hydrogens is 192 g/mol. The topological polar surface area (TPSA) is 44.7 Å². The van der Waals surface area contributed by atoms with E-state index in [1.165, 1.54) is 13.0 Å². The van der Waals surface area contributed by atoms with Crippen LogP contribution in [0.5, 0.6) is 0 Å². The molecule has 0 spiro atoms. The van der Waals surface area contributed by atoms with Gasteiger partial charge in [-0.15, -0.1) is 0 Å². The van der Waals surface area contributed by atoms with Crippen LogP contribution in [0.15, 0.2) is 0 Å². The van der Waals surface area contributed by atoms with Gasteiger partial charge in [-0.3, -0.25) is 0 Å². The van der Waals surface area contributed by atoms with Crippen molar-refractivity contribution in [2.45, 2.75) is 30.9 Å². The van der Waals surface area contributed by atoms with E-state index in [0.29, 0.717) is 19.3 Å². The van der Waals surface area contributed by atoms with Crippen molar-refractivity contribution < 1.29 is 9.84 Å². The largest absolute Gasteiger partial charge is 0.388 e. The molecule has 2 fully saturated rings. The quantitative estimate of drug-likeness (QED) is 0.684. The summed E-state index contributed by atoms with van der Waals surface area (Å²) in [5, 5.41) is 13.7. The molecule has 0 radical (unpaired) electrons. The van der Waals surface area contributed by atoms with Gasteiger partial charge in [-0.25, -0.2) is 0 Å². The average molecular weight is 214 g/mol. The fourth-order valence-corrected chi connectivity index (χ4v) is 2.36. The highest BCUT2D eigenvalue weighted by molar-refractivity contribution is 4.87. The van der Waals surface area contributed by atoms with Gasteiger partial charge >= 0.3 is 0 Å². The first kappa shape index (κ1) is 11.3. The molecule has 0 aromatic carbocycles. The highest BCUT2D eigenvalue weighted by atomic mass is 16.5. The molecule has 1 atom stereocenters. The summed E-state index contributed by atoms with van der Waals surface area (Å²) < 4.78 is 5.26. The highest BCUT2D eigenvalue weighted by Crippen LogP contribution is 2.20. The predicted molar refractivity (Wildman–Crippen MR) is 58.9 cm³/mol. The molecule has 0 amide bonds. The molecule has 15 heavy (non-hydrogen) atoms. The molecule has 4 heteroatoms. The molecule has 0 saturated carbocycles. The van der Waals surface area contributed by atoms with Crippen molar-refractivity contribution in [3.8, 4) is 0 Å². The maximum Gasteiger partial charge on any atom is 0.0815 e. The van der Waals surface area contributed by atoms with Gasteiger partial charge in [-0.05, 0) is 20.0 Å². The number of aliphatic hydroxyl groups is 1. The lowest BCUT2D eigenvalue weighted by atomic mass is 9.94. The number of likely N-dealkylation sites (N-methyl/N-ethyl adjacent to an activating group) is 1. The van der Waals surface area contributed by atoms with E-state index in [9.17, 15) is 5.11 Å². The predicted octanol–water partition coefficient (Wildman–Crippen LogP) is -0.178. The lowest BCUT2D eigenvalue weighted by Crippen LogP contribution is -2.48. The van der Waals surface area contributed by atoms with E-state index in [2.05, 4.69) is 17.3 Å². The summed E-state index contributed by atoms with van der Waals surface area (Å²) in [6, 6.07) is 0.557. The molecule has 0 aliphatic carbocycles. The van der Waals surface area contributed by atoms with Crippen LogP contribution in [0.3, 0.4) is 0 Å². The third kappa shape index (κ3) is 3.14. The van der Waals surface area contributed by atoms with Crippen LogP contribution >= 0.6 is 0 Å². The van der Waals surface area contributed by atoms with Gasteiger partial charge < -0.3 is 20.1 Å². The van der Waals surface area contributed by atoms with Gasteiger partial charge in [0.1, 0.15) is 0 Å². The number of hydrogen-bond acceptors (Lipinski definition) is 4. The average Bonchev–Trinajstić information content (AvgIpc) is 2.63. The van der Waals surface area contributed by atoms with Gasteiger partial charge in [-0.1, -0.05) is 0 Å². The second kappa shape index (κ2) is 4.78. The Morgan fingerprint density at radius 1 is 1.47 bits per heavy atom. The second-order valence-corrected chi connectivity index (χ2v) is 4.97. The van der Waals surface area contributed by atoms with Crippen LogP contribution in [0.1, 0.15) is 19.3 Å². The van der Waals surface area contributed by atoms with Crippen LogP contribution in [-0.2, 0) is 4.74 Å². The Morgan fingerprint density at radius 2 is 2.20 bits per heavy atom. The number of likely N-dealkylation sites (tertiary alicyclic amines) is 1. The van der Waals surface area contributed by atoms with Gasteiger partial charge in [0.25, 0.3) is 0 Å². The number of hydrogen-bond donors (Lipinski definition) is 2. The fourth-order valence-electron chi connectivity index (χ4n) is 2.36. The summed E-state index contributed by atoms with van der Waals surface area (Å²) in [6.45, 7) is 4.38. The van der Waals surface area contributed by atoms with Crippen molar-refractivity contribution in [2.24, 2.45) is 0 Å². The summed E-state index contributed by atoms with van der Waals surface area (Å²) >= 11 is 0. The Hall–Kier alpha value is -0.160. The van der Waals surface area contributed by atoms with Crippen LogP contribution < -0.4 is 5.32 Å². The number of nitrogens with zero attached hydrogens (tertiary/aromatic N) is 1. The minimum Gasteiger partial charge on any atom is -0.388 e. The Bertz CT molecular complexity index is 205. The highest BCUT2D eigenvalue weighted by Gasteiger charge is 2.31. The zero-order valence-electron chi connectivity index (χ0n) is 9.54. The summed E-state index contributed by atoms with van der Waals surface area (Å²) in [7, 11) is 2.14. The first-order valence-corrected chi connectivity index (χ1v) is 5.90. The first-order valence-electron chi connectivity index (χ1n) is 5.90. The molecule has 2 N–H and O–H groups in total. The number of rotatable bonds is 3. The van der Waals surface area contributed by atoms with Gasteiger partial charge in [0, 0.05) is 45.2 Å². The van der Waals surface area contributed by atoms with Gasteiger partial charge in [0.15, 0.2) is 0 Å². The summed E-state index contributed by atoms with van der Waals surface area (Å²) in [5.74, 6) is 0. The van der Waals surface area contributed by atoms with Gasteiger partial charge in [-0.2, -0.15) is 0 Å². The van der Waals surface area contributed by atoms with Gasteiger partial charge in [0.05, 0.1) is 5.60 Å². The molecule has 1 unspecified atom stereocenters. The molecule has 2 saturated heterocycles. The second-order valence-electron chi connectivity index (χ2n) is 4.97. The Labute approximate surface area is 91.6 Å². The van der Waals surface area contributed by atoms with E-state index in [4.69, 9.17) is 4.74 Å². The van der Waals surface area contributed by atoms with E-state index in [0.717, 1.165) is 25.9 Å². The third-order valence-electron chi connectivity index (χ3n) is 3.53. The minimum atomic E-state index is -0.528. The molecule has 0 aromatic heterocycles. The molecule has 0 aromatic rings. The summed E-state index contributed by atoms with van der Waals surface area (Å²) in [5.41, 5.74) is -0.528. The smallest absolute Gasteiger partial charge is 0.0815 e. The van der Waals surface area contributed by atoms with E-state index >= 15 is 0 Å². The summed E-state index contributed by atoms with van der Waals surface area (Å²) in [6.07, 6.45) is 2.73. The lowest BCUT2D eigenvalue weighted by Gasteiger charge is -2.33. The molecule has 2 aliphatic rings. The molecule has 2 aliphatic heterocycles. The zero-order valence-corrected chi connectivity index (χ0v) is 9.54. The van der Waals surface area contributed by atoms with E-state index in [1.807, 2.05) is 0 Å². The van der Waals surface area contributed by atoms with Crippen molar-refractivity contribution in [3.05, 3.63) is 0 Å². The lowest BCUT2D eigenvalue weighted by molar-refractivity contribution is -0.0626. The Kier molecular flexibility index (Phi) is 3.61. The van der Waals surface area contributed by atoms with Crippen LogP contribution in [-0.4, -0.2) is 61.5 Å². The monoisotopic (exact) mass is 214 g/mol. The van der Waals surface area contributed by atoms with Gasteiger partial charge in [0.2, 0.25) is 0 Å². The normalized spacial score (nSPS) is 32.0. The van der Waals surface area contributed by atoms with E-state index < -0.39 is 5.60 Å². The van der Waals surface area contributed by atoms with Crippen molar-refractivity contribution in [3.63, 3.8) is 0 Å². The van der Waals surface area contributed by atoms with Crippen LogP contribution in [0, 0.1) is 0 Å². The maximum atomic E-state index is 10.2. The Morgan fingerprint density at radius 3 is 2.80 bits per heavy atom. The van der Waals surface area contributed by atoms with E-state index in [-0.39, 0.29) is 0 Å². The van der Waals surface area contributed by atoms with Crippen molar-refractivity contribution in [1.82, 2.24) is 10.2 Å². The fraction of sp³-hybridized carbons (Fsp3) is 1.00. The summed E-state index contributed by atoms with van der Waals surface area (Å²) in [4.78, 5) is 2.33. The minimum absolute atomic E-state index is 0.528. The van der Waals surface area contributed by atoms with Crippen molar-refractivity contribution in [2.75, 3.05) is 39.9 Å². The zero-order chi connectivity index (χ0) is 10.7. The first-order chi connectivity index (χ1) is 7.18. The SMILES string of the molecule is CN1CCC(NCC2(O)CCOCC2)C1. The van der Waals surface area contributed by atoms with Crippen molar-refractivity contribution >= 4 is 0 Å². The standard InChI is InChI=1S/C11H22N2O2/c1-13-5-2-10(8-13)12-9-11(14)3-6-15-7-4-11/h10,12,14H,2-9H2,1H3. The van der Waals surface area contributed by atoms with Crippen LogP contribution in [0.4, 0.5) is 0 Å². The molecule has 4 nitrogen and oxygen atoms in total. The maximum absolute atomic E-state index is 10.2. The molecule has 2 heterocycles. The molecule has 88 valence electrons. The van der Waals surface area contributed by atoms with Crippen LogP contribution in [0.25, 0.3) is 0 Å². The van der Waals surface area contributed by atoms with E-state index in [1.54, 1.807) is 0 Å². The number of ether oxygens (including phenoxy) is 1.